The first-order chi connectivity index (χ1) is 9.72. The van der Waals surface area contributed by atoms with Crippen LogP contribution < -0.4 is 10.6 Å². The number of aryl methyl sites for hydroxylation is 1. The third kappa shape index (κ3) is 2.60. The second kappa shape index (κ2) is 5.26. The molecule has 0 aliphatic rings. The highest BCUT2D eigenvalue weighted by Crippen LogP contribution is 2.23. The van der Waals surface area contributed by atoms with Crippen molar-refractivity contribution >= 4 is 39.0 Å². The second-order valence-electron chi connectivity index (χ2n) is 4.23. The van der Waals surface area contributed by atoms with E-state index in [-0.39, 0.29) is 6.03 Å². The molecule has 0 saturated carbocycles. The molecule has 0 radical (unpaired) electrons. The highest BCUT2D eigenvalue weighted by atomic mass is 32.1. The summed E-state index contributed by atoms with van der Waals surface area (Å²) >= 11 is 1.34. The Morgan fingerprint density at radius 3 is 2.65 bits per heavy atom. The van der Waals surface area contributed by atoms with Crippen molar-refractivity contribution in [1.82, 2.24) is 10.2 Å². The maximum atomic E-state index is 12.0. The van der Waals surface area contributed by atoms with E-state index in [0.29, 0.717) is 5.13 Å². The van der Waals surface area contributed by atoms with Gasteiger partial charge in [-0.25, -0.2) is 4.79 Å². The van der Waals surface area contributed by atoms with Crippen LogP contribution in [-0.2, 0) is 0 Å². The minimum atomic E-state index is -0.322. The van der Waals surface area contributed by atoms with Crippen LogP contribution in [0, 0.1) is 6.92 Å². The summed E-state index contributed by atoms with van der Waals surface area (Å²) in [5.41, 5.74) is 0.766. The van der Waals surface area contributed by atoms with Crippen molar-refractivity contribution in [3.63, 3.8) is 0 Å². The molecule has 20 heavy (non-hydrogen) atoms. The lowest BCUT2D eigenvalue weighted by molar-refractivity contribution is 0.262. The normalized spacial score (nSPS) is 10.4. The maximum Gasteiger partial charge on any atom is 0.325 e. The van der Waals surface area contributed by atoms with Crippen molar-refractivity contribution in [2.24, 2.45) is 0 Å². The highest BCUT2D eigenvalue weighted by molar-refractivity contribution is 7.15. The van der Waals surface area contributed by atoms with Gasteiger partial charge in [-0.15, -0.1) is 10.2 Å². The number of hydrogen-bond acceptors (Lipinski definition) is 4. The number of amides is 2. The molecule has 100 valence electrons. The minimum Gasteiger partial charge on any atom is -0.307 e. The van der Waals surface area contributed by atoms with Crippen LogP contribution in [0.15, 0.2) is 42.5 Å². The predicted octanol–water partition coefficient (Wildman–Crippen LogP) is 3.64. The van der Waals surface area contributed by atoms with Crippen molar-refractivity contribution in [1.29, 1.82) is 0 Å². The van der Waals surface area contributed by atoms with Gasteiger partial charge in [-0.2, -0.15) is 0 Å². The van der Waals surface area contributed by atoms with Crippen LogP contribution in [0.4, 0.5) is 15.6 Å². The van der Waals surface area contributed by atoms with Crippen LogP contribution in [-0.4, -0.2) is 16.2 Å². The number of benzene rings is 2. The molecule has 0 spiro atoms. The number of urea groups is 1. The third-order valence-electron chi connectivity index (χ3n) is 2.78. The van der Waals surface area contributed by atoms with Gasteiger partial charge in [0.05, 0.1) is 5.69 Å². The summed E-state index contributed by atoms with van der Waals surface area (Å²) in [6, 6.07) is 13.4. The van der Waals surface area contributed by atoms with E-state index in [2.05, 4.69) is 20.8 Å². The van der Waals surface area contributed by atoms with Crippen LogP contribution >= 0.6 is 11.3 Å². The van der Waals surface area contributed by atoms with Gasteiger partial charge in [0.25, 0.3) is 0 Å². The van der Waals surface area contributed by atoms with Crippen LogP contribution in [0.3, 0.4) is 0 Å². The Hall–Kier alpha value is -2.47. The molecule has 5 nitrogen and oxygen atoms in total. The van der Waals surface area contributed by atoms with Gasteiger partial charge in [0, 0.05) is 5.39 Å². The molecule has 0 aliphatic carbocycles. The molecule has 0 fully saturated rings. The fourth-order valence-corrected chi connectivity index (χ4v) is 2.52. The quantitative estimate of drug-likeness (QED) is 0.755. The molecule has 0 unspecified atom stereocenters. The summed E-state index contributed by atoms with van der Waals surface area (Å²) in [7, 11) is 0. The molecule has 2 N–H and O–H groups in total. The Morgan fingerprint density at radius 1 is 1.05 bits per heavy atom. The molecular weight excluding hydrogens is 272 g/mol. The lowest BCUT2D eigenvalue weighted by atomic mass is 10.1. The van der Waals surface area contributed by atoms with E-state index in [1.54, 1.807) is 0 Å². The number of carbonyl (C=O) groups is 1. The van der Waals surface area contributed by atoms with Crippen molar-refractivity contribution < 1.29 is 4.79 Å². The summed E-state index contributed by atoms with van der Waals surface area (Å²) in [5.74, 6) is 0. The molecule has 3 aromatic rings. The smallest absolute Gasteiger partial charge is 0.307 e. The van der Waals surface area contributed by atoms with E-state index in [9.17, 15) is 4.79 Å². The molecule has 1 heterocycles. The van der Waals surface area contributed by atoms with E-state index in [0.717, 1.165) is 21.5 Å². The van der Waals surface area contributed by atoms with E-state index >= 15 is 0 Å². The van der Waals surface area contributed by atoms with E-state index < -0.39 is 0 Å². The van der Waals surface area contributed by atoms with Crippen molar-refractivity contribution in [2.75, 3.05) is 10.6 Å². The summed E-state index contributed by atoms with van der Waals surface area (Å²) in [5, 5.41) is 16.6. The fourth-order valence-electron chi connectivity index (χ4n) is 1.93. The van der Waals surface area contributed by atoms with Crippen molar-refractivity contribution in [3.05, 3.63) is 47.5 Å². The zero-order valence-corrected chi connectivity index (χ0v) is 11.6. The lowest BCUT2D eigenvalue weighted by Crippen LogP contribution is -2.19. The minimum absolute atomic E-state index is 0.322. The van der Waals surface area contributed by atoms with Crippen molar-refractivity contribution in [2.45, 2.75) is 6.92 Å². The SMILES string of the molecule is Cc1nnc(NC(=O)Nc2cccc3ccccc23)s1. The number of rotatable bonds is 2. The number of hydrogen-bond donors (Lipinski definition) is 2. The summed E-state index contributed by atoms with van der Waals surface area (Å²) in [6.45, 7) is 1.84. The predicted molar refractivity (Wildman–Crippen MR) is 81.2 cm³/mol. The lowest BCUT2D eigenvalue weighted by Gasteiger charge is -2.08. The molecule has 2 aromatic carbocycles. The number of nitrogens with zero attached hydrogens (tertiary/aromatic N) is 2. The van der Waals surface area contributed by atoms with Gasteiger partial charge in [-0.05, 0) is 18.4 Å². The van der Waals surface area contributed by atoms with Crippen LogP contribution in [0.2, 0.25) is 0 Å². The number of anilines is 2. The van der Waals surface area contributed by atoms with E-state index in [4.69, 9.17) is 0 Å². The van der Waals surface area contributed by atoms with Crippen LogP contribution in [0.25, 0.3) is 10.8 Å². The molecule has 2 amide bonds. The first-order valence-electron chi connectivity index (χ1n) is 6.08. The first-order valence-corrected chi connectivity index (χ1v) is 6.90. The Balaban J connectivity index is 1.81. The zero-order chi connectivity index (χ0) is 13.9. The summed E-state index contributed by atoms with van der Waals surface area (Å²) in [6.07, 6.45) is 0. The van der Waals surface area contributed by atoms with Gasteiger partial charge in [0.15, 0.2) is 0 Å². The van der Waals surface area contributed by atoms with Crippen LogP contribution in [0.5, 0.6) is 0 Å². The second-order valence-corrected chi connectivity index (χ2v) is 5.41. The largest absolute Gasteiger partial charge is 0.325 e. The first kappa shape index (κ1) is 12.6. The Kier molecular flexibility index (Phi) is 3.30. The molecule has 0 atom stereocenters. The Bertz CT molecular complexity index is 763. The summed E-state index contributed by atoms with van der Waals surface area (Å²) in [4.78, 5) is 12.0. The monoisotopic (exact) mass is 284 g/mol. The molecular formula is C14H12N4OS. The van der Waals surface area contributed by atoms with E-state index in [1.165, 1.54) is 11.3 Å². The zero-order valence-electron chi connectivity index (χ0n) is 10.8. The molecule has 3 rings (SSSR count). The van der Waals surface area contributed by atoms with E-state index in [1.807, 2.05) is 49.4 Å². The number of aromatic nitrogens is 2. The van der Waals surface area contributed by atoms with Gasteiger partial charge in [0.2, 0.25) is 5.13 Å². The molecule has 0 saturated heterocycles. The molecule has 1 aromatic heterocycles. The third-order valence-corrected chi connectivity index (χ3v) is 3.54. The maximum absolute atomic E-state index is 12.0. The van der Waals surface area contributed by atoms with Gasteiger partial charge >= 0.3 is 6.03 Å². The van der Waals surface area contributed by atoms with Crippen molar-refractivity contribution in [3.8, 4) is 0 Å². The fraction of sp³-hybridized carbons (Fsp3) is 0.0714. The standard InChI is InChI=1S/C14H12N4OS/c1-9-17-18-14(20-9)16-13(19)15-12-8-4-6-10-5-2-3-7-11(10)12/h2-8H,1H3,(H2,15,16,18,19). The summed E-state index contributed by atoms with van der Waals surface area (Å²) < 4.78 is 0. The van der Waals surface area contributed by atoms with Gasteiger partial charge in [-0.3, -0.25) is 5.32 Å². The Morgan fingerprint density at radius 2 is 1.85 bits per heavy atom. The average molecular weight is 284 g/mol. The molecule has 0 bridgehead atoms. The molecule has 0 aliphatic heterocycles. The Labute approximate surface area is 119 Å². The molecule has 6 heteroatoms. The highest BCUT2D eigenvalue weighted by Gasteiger charge is 2.08. The van der Waals surface area contributed by atoms with Gasteiger partial charge in [-0.1, -0.05) is 47.7 Å². The number of carbonyl (C=O) groups excluding carboxylic acids is 1. The van der Waals surface area contributed by atoms with Gasteiger partial charge < -0.3 is 5.32 Å². The number of fused-ring (bicyclic) bond motifs is 1. The van der Waals surface area contributed by atoms with Gasteiger partial charge in [0.1, 0.15) is 5.01 Å². The average Bonchev–Trinajstić information content (AvgIpc) is 2.84. The van der Waals surface area contributed by atoms with Crippen LogP contribution in [0.1, 0.15) is 5.01 Å². The topological polar surface area (TPSA) is 66.9 Å². The number of nitrogens with one attached hydrogen (secondary N) is 2.